The summed E-state index contributed by atoms with van der Waals surface area (Å²) in [6, 6.07) is 0.813. The normalized spacial score (nSPS) is 13.7. The molecule has 0 aliphatic heterocycles. The number of oxime groups is 1. The van der Waals surface area contributed by atoms with E-state index in [1.54, 1.807) is 27.7 Å². The molecule has 6 nitrogen and oxygen atoms in total. The summed E-state index contributed by atoms with van der Waals surface area (Å²) in [7, 11) is 0. The van der Waals surface area contributed by atoms with Gasteiger partial charge in [0.15, 0.2) is 0 Å². The summed E-state index contributed by atoms with van der Waals surface area (Å²) in [4.78, 5) is 15.7. The third-order valence-corrected chi connectivity index (χ3v) is 2.80. The zero-order chi connectivity index (χ0) is 16.2. The second-order valence-corrected chi connectivity index (χ2v) is 6.18. The van der Waals surface area contributed by atoms with Crippen LogP contribution in [0.25, 0.3) is 0 Å². The summed E-state index contributed by atoms with van der Waals surface area (Å²) >= 11 is 11.8. The van der Waals surface area contributed by atoms with E-state index in [-0.39, 0.29) is 16.4 Å². The minimum Gasteiger partial charge on any atom is -0.444 e. The first-order chi connectivity index (χ1) is 9.64. The van der Waals surface area contributed by atoms with E-state index in [0.29, 0.717) is 5.02 Å². The molecule has 0 aromatic carbocycles. The first-order valence-electron chi connectivity index (χ1n) is 6.17. The molecule has 1 heterocycles. The summed E-state index contributed by atoms with van der Waals surface area (Å²) in [6.45, 7) is 6.85. The van der Waals surface area contributed by atoms with Gasteiger partial charge in [0.25, 0.3) is 0 Å². The summed E-state index contributed by atoms with van der Waals surface area (Å²) in [5.74, 6) is 0. The van der Waals surface area contributed by atoms with Gasteiger partial charge in [0.1, 0.15) is 17.0 Å². The van der Waals surface area contributed by atoms with Crippen molar-refractivity contribution in [3.63, 3.8) is 0 Å². The van der Waals surface area contributed by atoms with E-state index in [9.17, 15) is 4.79 Å². The van der Waals surface area contributed by atoms with Crippen molar-refractivity contribution in [3.05, 3.63) is 28.0 Å². The van der Waals surface area contributed by atoms with E-state index in [0.717, 1.165) is 0 Å². The monoisotopic (exact) mass is 333 g/mol. The number of halogens is 2. The van der Waals surface area contributed by atoms with Crippen molar-refractivity contribution in [1.82, 2.24) is 10.3 Å². The Morgan fingerprint density at radius 2 is 2.10 bits per heavy atom. The van der Waals surface area contributed by atoms with Gasteiger partial charge in [-0.1, -0.05) is 28.4 Å². The molecule has 116 valence electrons. The molecule has 0 aliphatic rings. The number of pyridine rings is 1. The van der Waals surface area contributed by atoms with Crippen LogP contribution in [-0.2, 0) is 4.74 Å². The van der Waals surface area contributed by atoms with Crippen LogP contribution in [0.4, 0.5) is 4.79 Å². The van der Waals surface area contributed by atoms with E-state index in [1.165, 1.54) is 12.3 Å². The van der Waals surface area contributed by atoms with Gasteiger partial charge in [-0.2, -0.15) is 0 Å². The summed E-state index contributed by atoms with van der Waals surface area (Å²) in [5.41, 5.74) is -0.300. The molecule has 1 rings (SSSR count). The Bertz CT molecular complexity index is 556. The Balaban J connectivity index is 2.88. The van der Waals surface area contributed by atoms with E-state index in [2.05, 4.69) is 15.5 Å². The van der Waals surface area contributed by atoms with E-state index in [1.807, 2.05) is 0 Å². The average molecular weight is 334 g/mol. The van der Waals surface area contributed by atoms with Crippen molar-refractivity contribution >= 4 is 35.0 Å². The third kappa shape index (κ3) is 5.40. The topological polar surface area (TPSA) is 83.8 Å². The Morgan fingerprint density at radius 3 is 2.57 bits per heavy atom. The lowest BCUT2D eigenvalue weighted by atomic mass is 10.1. The SMILES string of the molecule is C[C@H](NC(=O)OC(C)(C)C)C(=NO)c1ncc(Cl)cc1Cl. The van der Waals surface area contributed by atoms with Gasteiger partial charge in [0, 0.05) is 6.20 Å². The Labute approximate surface area is 133 Å². The lowest BCUT2D eigenvalue weighted by Gasteiger charge is -2.22. The number of nitrogens with one attached hydrogen (secondary N) is 1. The van der Waals surface area contributed by atoms with Crippen LogP contribution < -0.4 is 5.32 Å². The van der Waals surface area contributed by atoms with Crippen LogP contribution in [0.2, 0.25) is 10.0 Å². The van der Waals surface area contributed by atoms with Gasteiger partial charge in [0.05, 0.1) is 16.1 Å². The van der Waals surface area contributed by atoms with E-state index >= 15 is 0 Å². The van der Waals surface area contributed by atoms with Gasteiger partial charge >= 0.3 is 6.09 Å². The zero-order valence-electron chi connectivity index (χ0n) is 12.1. The van der Waals surface area contributed by atoms with Crippen molar-refractivity contribution in [3.8, 4) is 0 Å². The van der Waals surface area contributed by atoms with Crippen molar-refractivity contribution in [1.29, 1.82) is 0 Å². The molecule has 0 unspecified atom stereocenters. The minimum atomic E-state index is -0.656. The number of amides is 1. The lowest BCUT2D eigenvalue weighted by Crippen LogP contribution is -2.42. The Hall–Kier alpha value is -1.53. The maximum Gasteiger partial charge on any atom is 0.408 e. The molecule has 0 saturated heterocycles. The molecular formula is C13H17Cl2N3O3. The number of carbonyl (C=O) groups is 1. The summed E-state index contributed by atoms with van der Waals surface area (Å²) in [5, 5.41) is 15.4. The highest BCUT2D eigenvalue weighted by Crippen LogP contribution is 2.20. The highest BCUT2D eigenvalue weighted by Gasteiger charge is 2.23. The molecular weight excluding hydrogens is 317 g/mol. The van der Waals surface area contributed by atoms with Gasteiger partial charge in [0.2, 0.25) is 0 Å². The van der Waals surface area contributed by atoms with Crippen LogP contribution in [0, 0.1) is 0 Å². The molecule has 8 heteroatoms. The fraction of sp³-hybridized carbons (Fsp3) is 0.462. The lowest BCUT2D eigenvalue weighted by molar-refractivity contribution is 0.0521. The van der Waals surface area contributed by atoms with E-state index < -0.39 is 17.7 Å². The molecule has 0 spiro atoms. The molecule has 2 N–H and O–H groups in total. The fourth-order valence-electron chi connectivity index (χ4n) is 1.49. The van der Waals surface area contributed by atoms with Gasteiger partial charge < -0.3 is 15.3 Å². The second kappa shape index (κ2) is 6.95. The molecule has 0 aliphatic carbocycles. The van der Waals surface area contributed by atoms with Crippen LogP contribution in [0.5, 0.6) is 0 Å². The molecule has 0 fully saturated rings. The second-order valence-electron chi connectivity index (χ2n) is 5.34. The molecule has 1 amide bonds. The molecule has 21 heavy (non-hydrogen) atoms. The number of aromatic nitrogens is 1. The van der Waals surface area contributed by atoms with Gasteiger partial charge in [-0.3, -0.25) is 4.98 Å². The predicted molar refractivity (Wildman–Crippen MR) is 81.4 cm³/mol. The maximum absolute atomic E-state index is 11.7. The number of carbonyl (C=O) groups excluding carboxylic acids is 1. The standard InChI is InChI=1S/C13H17Cl2N3O3/c1-7(17-12(19)21-13(2,3)4)10(18-20)11-9(15)5-8(14)6-16-11/h5-7,20H,1-4H3,(H,17,19)/t7-/m0/s1. The third-order valence-electron chi connectivity index (χ3n) is 2.30. The van der Waals surface area contributed by atoms with Crippen LogP contribution in [0.15, 0.2) is 17.4 Å². The highest BCUT2D eigenvalue weighted by atomic mass is 35.5. The van der Waals surface area contributed by atoms with Gasteiger partial charge in [-0.25, -0.2) is 4.79 Å². The molecule has 0 saturated carbocycles. The number of alkyl carbamates (subject to hydrolysis) is 1. The number of ether oxygens (including phenoxy) is 1. The Morgan fingerprint density at radius 1 is 1.48 bits per heavy atom. The van der Waals surface area contributed by atoms with Gasteiger partial charge in [-0.15, -0.1) is 0 Å². The van der Waals surface area contributed by atoms with Crippen molar-refractivity contribution in [2.75, 3.05) is 0 Å². The molecule has 1 aromatic rings. The number of hydrogen-bond acceptors (Lipinski definition) is 5. The minimum absolute atomic E-state index is 0.0996. The zero-order valence-corrected chi connectivity index (χ0v) is 13.7. The number of hydrogen-bond donors (Lipinski definition) is 2. The van der Waals surface area contributed by atoms with E-state index in [4.69, 9.17) is 33.1 Å². The largest absolute Gasteiger partial charge is 0.444 e. The quantitative estimate of drug-likeness (QED) is 0.503. The average Bonchev–Trinajstić information content (AvgIpc) is 2.30. The molecule has 0 radical (unpaired) electrons. The number of rotatable bonds is 3. The van der Waals surface area contributed by atoms with Crippen molar-refractivity contribution in [2.24, 2.45) is 5.16 Å². The van der Waals surface area contributed by atoms with Crippen LogP contribution in [-0.4, -0.2) is 33.6 Å². The summed E-state index contributed by atoms with van der Waals surface area (Å²) in [6.07, 6.45) is 0.731. The molecule has 0 bridgehead atoms. The smallest absolute Gasteiger partial charge is 0.408 e. The van der Waals surface area contributed by atoms with Crippen LogP contribution in [0.3, 0.4) is 0 Å². The predicted octanol–water partition coefficient (Wildman–Crippen LogP) is 3.48. The number of nitrogens with zero attached hydrogens (tertiary/aromatic N) is 2. The van der Waals surface area contributed by atoms with Gasteiger partial charge in [-0.05, 0) is 33.8 Å². The first kappa shape index (κ1) is 17.5. The van der Waals surface area contributed by atoms with Crippen molar-refractivity contribution in [2.45, 2.75) is 39.3 Å². The highest BCUT2D eigenvalue weighted by molar-refractivity contribution is 6.36. The van der Waals surface area contributed by atoms with Crippen LogP contribution in [0.1, 0.15) is 33.4 Å². The molecule has 1 atom stereocenters. The van der Waals surface area contributed by atoms with Crippen LogP contribution >= 0.6 is 23.2 Å². The maximum atomic E-state index is 11.7. The first-order valence-corrected chi connectivity index (χ1v) is 6.92. The fourth-order valence-corrected chi connectivity index (χ4v) is 1.97. The van der Waals surface area contributed by atoms with Crippen molar-refractivity contribution < 1.29 is 14.7 Å². The molecule has 1 aromatic heterocycles. The Kier molecular flexibility index (Phi) is 5.80. The summed E-state index contributed by atoms with van der Waals surface area (Å²) < 4.78 is 5.13.